The molecule has 0 fully saturated rings. The quantitative estimate of drug-likeness (QED) is 0.604. The van der Waals surface area contributed by atoms with Crippen molar-refractivity contribution in [3.05, 3.63) is 62.4 Å². The smallest absolute Gasteiger partial charge is 0.326 e. The van der Waals surface area contributed by atoms with E-state index in [1.54, 1.807) is 30.3 Å². The second-order valence-electron chi connectivity index (χ2n) is 5.72. The molecule has 0 atom stereocenters. The fourth-order valence-electron chi connectivity index (χ4n) is 2.28. The molecule has 0 saturated carbocycles. The lowest BCUT2D eigenvalue weighted by Crippen LogP contribution is -2.37. The van der Waals surface area contributed by atoms with Gasteiger partial charge < -0.3 is 15.2 Å². The lowest BCUT2D eigenvalue weighted by molar-refractivity contribution is -0.114. The van der Waals surface area contributed by atoms with Crippen LogP contribution in [0.25, 0.3) is 6.08 Å². The Balaban J connectivity index is 2.28. The van der Waals surface area contributed by atoms with Crippen LogP contribution >= 0.6 is 0 Å². The van der Waals surface area contributed by atoms with E-state index in [1.807, 2.05) is 0 Å². The normalized spacial score (nSPS) is 10.8. The maximum atomic E-state index is 12.3. The van der Waals surface area contributed by atoms with Crippen LogP contribution in [0, 0.1) is 11.3 Å². The third-order valence-electron chi connectivity index (χ3n) is 3.60. The van der Waals surface area contributed by atoms with E-state index in [1.165, 1.54) is 31.8 Å². The largest absolute Gasteiger partial charge is 0.330 e. The van der Waals surface area contributed by atoms with Crippen LogP contribution in [-0.2, 0) is 23.7 Å². The number of benzene rings is 1. The number of amides is 2. The van der Waals surface area contributed by atoms with E-state index < -0.39 is 17.2 Å². The van der Waals surface area contributed by atoms with Gasteiger partial charge in [-0.15, -0.1) is 0 Å². The van der Waals surface area contributed by atoms with Crippen LogP contribution in [0.2, 0.25) is 0 Å². The standard InChI is InChI=1S/C18H17N5O4/c1-11(24)20-14-4-6-15(7-5-14)21-16(25)12(9-19)8-13-10-22(2)18(27)23(3)17(13)26/h4-8,10H,1-3H3,(H,20,24)(H,21,25)/b12-8+. The van der Waals surface area contributed by atoms with E-state index in [0.29, 0.717) is 11.4 Å². The molecule has 0 aliphatic rings. The maximum absolute atomic E-state index is 12.3. The van der Waals surface area contributed by atoms with Crippen LogP contribution in [-0.4, -0.2) is 20.9 Å². The number of rotatable bonds is 4. The van der Waals surface area contributed by atoms with Crippen molar-refractivity contribution in [1.82, 2.24) is 9.13 Å². The zero-order valence-corrected chi connectivity index (χ0v) is 14.9. The van der Waals surface area contributed by atoms with Crippen LogP contribution < -0.4 is 21.9 Å². The van der Waals surface area contributed by atoms with Crippen molar-refractivity contribution in [2.45, 2.75) is 6.92 Å². The zero-order chi connectivity index (χ0) is 20.1. The number of aromatic nitrogens is 2. The molecule has 0 radical (unpaired) electrons. The fourth-order valence-corrected chi connectivity index (χ4v) is 2.28. The van der Waals surface area contributed by atoms with E-state index in [0.717, 1.165) is 10.6 Å². The second kappa shape index (κ2) is 7.97. The Morgan fingerprint density at radius 3 is 2.15 bits per heavy atom. The molecule has 2 aromatic rings. The molecule has 2 amide bonds. The first-order valence-corrected chi connectivity index (χ1v) is 7.80. The summed E-state index contributed by atoms with van der Waals surface area (Å²) in [5.74, 6) is -0.930. The Labute approximate surface area is 154 Å². The van der Waals surface area contributed by atoms with Crippen molar-refractivity contribution < 1.29 is 9.59 Å². The van der Waals surface area contributed by atoms with Crippen LogP contribution in [0.4, 0.5) is 11.4 Å². The second-order valence-corrected chi connectivity index (χ2v) is 5.72. The highest BCUT2D eigenvalue weighted by atomic mass is 16.2. The summed E-state index contributed by atoms with van der Waals surface area (Å²) in [6, 6.07) is 8.05. The number of hydrogen-bond acceptors (Lipinski definition) is 5. The first kappa shape index (κ1) is 19.4. The van der Waals surface area contributed by atoms with Gasteiger partial charge in [-0.3, -0.25) is 19.0 Å². The summed E-state index contributed by atoms with van der Waals surface area (Å²) in [6.07, 6.45) is 2.39. The molecule has 0 bridgehead atoms. The summed E-state index contributed by atoms with van der Waals surface area (Å²) in [7, 11) is 2.77. The molecule has 0 aliphatic heterocycles. The van der Waals surface area contributed by atoms with Gasteiger partial charge in [-0.1, -0.05) is 0 Å². The molecule has 138 valence electrons. The predicted octanol–water partition coefficient (Wildman–Crippen LogP) is 0.588. The Bertz CT molecular complexity index is 1080. The van der Waals surface area contributed by atoms with Crippen molar-refractivity contribution in [1.29, 1.82) is 5.26 Å². The number of anilines is 2. The fraction of sp³-hybridized carbons (Fsp3) is 0.167. The molecular formula is C18H17N5O4. The maximum Gasteiger partial charge on any atom is 0.330 e. The SMILES string of the molecule is CC(=O)Nc1ccc(NC(=O)/C(C#N)=C/c2cn(C)c(=O)n(C)c2=O)cc1. The van der Waals surface area contributed by atoms with Gasteiger partial charge >= 0.3 is 5.69 Å². The van der Waals surface area contributed by atoms with Crippen molar-refractivity contribution in [3.63, 3.8) is 0 Å². The highest BCUT2D eigenvalue weighted by molar-refractivity contribution is 6.09. The minimum Gasteiger partial charge on any atom is -0.326 e. The average Bonchev–Trinajstić information content (AvgIpc) is 2.63. The summed E-state index contributed by atoms with van der Waals surface area (Å²) in [6.45, 7) is 1.38. The zero-order valence-electron chi connectivity index (χ0n) is 14.9. The summed E-state index contributed by atoms with van der Waals surface area (Å²) in [5, 5.41) is 14.4. The number of carbonyl (C=O) groups excluding carboxylic acids is 2. The lowest BCUT2D eigenvalue weighted by atomic mass is 10.1. The minimum atomic E-state index is -0.708. The van der Waals surface area contributed by atoms with Crippen molar-refractivity contribution in [2.75, 3.05) is 10.6 Å². The van der Waals surface area contributed by atoms with Gasteiger partial charge in [-0.2, -0.15) is 5.26 Å². The van der Waals surface area contributed by atoms with Gasteiger partial charge in [-0.25, -0.2) is 4.79 Å². The van der Waals surface area contributed by atoms with Gasteiger partial charge in [0.25, 0.3) is 11.5 Å². The average molecular weight is 367 g/mol. The summed E-state index contributed by atoms with van der Waals surface area (Å²) < 4.78 is 2.07. The van der Waals surface area contributed by atoms with Gasteiger partial charge in [0.05, 0.1) is 5.56 Å². The van der Waals surface area contributed by atoms with Crippen molar-refractivity contribution in [2.24, 2.45) is 14.1 Å². The molecule has 1 aromatic heterocycles. The Kier molecular flexibility index (Phi) is 5.72. The third-order valence-corrected chi connectivity index (χ3v) is 3.60. The minimum absolute atomic E-state index is 0.0345. The first-order valence-electron chi connectivity index (χ1n) is 7.80. The number of nitriles is 1. The molecule has 2 rings (SSSR count). The molecule has 27 heavy (non-hydrogen) atoms. The molecule has 1 heterocycles. The van der Waals surface area contributed by atoms with Gasteiger partial charge in [0.2, 0.25) is 5.91 Å². The number of carbonyl (C=O) groups is 2. The lowest BCUT2D eigenvalue weighted by Gasteiger charge is -2.07. The van der Waals surface area contributed by atoms with Gasteiger partial charge in [0.1, 0.15) is 11.6 Å². The summed E-state index contributed by atoms with van der Waals surface area (Å²) in [5.41, 5.74) is -0.421. The van der Waals surface area contributed by atoms with Gasteiger partial charge in [0.15, 0.2) is 0 Å². The number of aryl methyl sites for hydroxylation is 1. The summed E-state index contributed by atoms with van der Waals surface area (Å²) in [4.78, 5) is 47.1. The summed E-state index contributed by atoms with van der Waals surface area (Å²) >= 11 is 0. The number of nitrogens with zero attached hydrogens (tertiary/aromatic N) is 3. The monoisotopic (exact) mass is 367 g/mol. The molecule has 0 saturated heterocycles. The predicted molar refractivity (Wildman–Crippen MR) is 99.9 cm³/mol. The van der Waals surface area contributed by atoms with Crippen LogP contribution in [0.15, 0.2) is 45.6 Å². The molecule has 0 unspecified atom stereocenters. The van der Waals surface area contributed by atoms with E-state index in [9.17, 15) is 24.4 Å². The molecule has 9 nitrogen and oxygen atoms in total. The first-order chi connectivity index (χ1) is 12.7. The highest BCUT2D eigenvalue weighted by Gasteiger charge is 2.12. The van der Waals surface area contributed by atoms with Crippen LogP contribution in [0.1, 0.15) is 12.5 Å². The van der Waals surface area contributed by atoms with Crippen LogP contribution in [0.5, 0.6) is 0 Å². The molecule has 2 N–H and O–H groups in total. The molecule has 0 aliphatic carbocycles. The third kappa shape index (κ3) is 4.58. The van der Waals surface area contributed by atoms with Gasteiger partial charge in [0, 0.05) is 38.6 Å². The molecule has 0 spiro atoms. The van der Waals surface area contributed by atoms with E-state index in [4.69, 9.17) is 0 Å². The molecule has 9 heteroatoms. The van der Waals surface area contributed by atoms with Gasteiger partial charge in [-0.05, 0) is 30.3 Å². The van der Waals surface area contributed by atoms with Crippen molar-refractivity contribution in [3.8, 4) is 6.07 Å². The number of nitrogens with one attached hydrogen (secondary N) is 2. The Hall–Kier alpha value is -3.93. The molecular weight excluding hydrogens is 350 g/mol. The van der Waals surface area contributed by atoms with Crippen molar-refractivity contribution >= 4 is 29.3 Å². The van der Waals surface area contributed by atoms with E-state index in [2.05, 4.69) is 10.6 Å². The number of hydrogen-bond donors (Lipinski definition) is 2. The van der Waals surface area contributed by atoms with Crippen LogP contribution in [0.3, 0.4) is 0 Å². The topological polar surface area (TPSA) is 126 Å². The Morgan fingerprint density at radius 2 is 1.63 bits per heavy atom. The molecule has 1 aromatic carbocycles. The highest BCUT2D eigenvalue weighted by Crippen LogP contribution is 2.14. The Morgan fingerprint density at radius 1 is 1.07 bits per heavy atom. The van der Waals surface area contributed by atoms with E-state index >= 15 is 0 Å². The van der Waals surface area contributed by atoms with E-state index in [-0.39, 0.29) is 17.0 Å².